The smallest absolute Gasteiger partial charge is 0.417 e. The van der Waals surface area contributed by atoms with Crippen LogP contribution in [0.5, 0.6) is 11.5 Å². The molecule has 0 aromatic heterocycles. The predicted molar refractivity (Wildman–Crippen MR) is 163 cm³/mol. The zero-order valence-electron chi connectivity index (χ0n) is 25.4. The largest absolute Gasteiger partial charge is 0.463 e. The van der Waals surface area contributed by atoms with E-state index in [1.807, 2.05) is 0 Å². The van der Waals surface area contributed by atoms with Gasteiger partial charge in [0.25, 0.3) is 0 Å². The van der Waals surface area contributed by atoms with Crippen molar-refractivity contribution in [2.24, 2.45) is 23.7 Å². The van der Waals surface area contributed by atoms with Gasteiger partial charge in [0.05, 0.1) is 6.10 Å². The first-order valence-electron chi connectivity index (χ1n) is 15.2. The minimum absolute atomic E-state index is 0.203. The van der Waals surface area contributed by atoms with Gasteiger partial charge in [-0.15, -0.1) is 0 Å². The van der Waals surface area contributed by atoms with E-state index in [4.69, 9.17) is 13.6 Å². The maximum Gasteiger partial charge on any atom is 0.463 e. The van der Waals surface area contributed by atoms with E-state index in [0.717, 1.165) is 50.0 Å². The molecule has 0 unspecified atom stereocenters. The van der Waals surface area contributed by atoms with E-state index >= 15 is 0 Å². The lowest BCUT2D eigenvalue weighted by Gasteiger charge is -2.27. The quantitative estimate of drug-likeness (QED) is 0.223. The van der Waals surface area contributed by atoms with Crippen LogP contribution in [-0.4, -0.2) is 6.10 Å². The van der Waals surface area contributed by atoms with Crippen LogP contribution in [0.4, 0.5) is 0 Å². The van der Waals surface area contributed by atoms with Crippen molar-refractivity contribution in [3.63, 3.8) is 0 Å². The highest BCUT2D eigenvalue weighted by atomic mass is 31.2. The standard InChI is InChI=1S/C34H53O3P/c1-24(2)18-28-14-16-30(20-26(5)6)33(22-28)36-38(35-32-12-10-9-11-13-32)37-34-23-29(19-25(3)4)15-17-31(34)21-27(7)8/h14-17,22-27,32H,9-13,18-21H2,1-8H3. The molecule has 3 rings (SSSR count). The van der Waals surface area contributed by atoms with Gasteiger partial charge in [0.2, 0.25) is 0 Å². The van der Waals surface area contributed by atoms with Gasteiger partial charge in [0.1, 0.15) is 11.5 Å². The van der Waals surface area contributed by atoms with Gasteiger partial charge in [0.15, 0.2) is 0 Å². The molecule has 0 spiro atoms. The molecule has 38 heavy (non-hydrogen) atoms. The molecule has 0 atom stereocenters. The molecule has 0 aliphatic heterocycles. The molecule has 2 aromatic rings. The normalized spacial score (nSPS) is 14.9. The maximum atomic E-state index is 6.78. The molecule has 212 valence electrons. The molecule has 0 bridgehead atoms. The van der Waals surface area contributed by atoms with Crippen molar-refractivity contribution < 1.29 is 13.6 Å². The van der Waals surface area contributed by atoms with Gasteiger partial charge in [-0.2, -0.15) is 0 Å². The molecule has 4 heteroatoms. The van der Waals surface area contributed by atoms with Gasteiger partial charge < -0.3 is 9.05 Å². The Bertz CT molecular complexity index is 906. The summed E-state index contributed by atoms with van der Waals surface area (Å²) in [4.78, 5) is 0. The van der Waals surface area contributed by atoms with E-state index < -0.39 is 8.60 Å². The Kier molecular flexibility index (Phi) is 12.4. The summed E-state index contributed by atoms with van der Waals surface area (Å²) in [5, 5.41) is 0. The van der Waals surface area contributed by atoms with E-state index in [1.54, 1.807) is 0 Å². The van der Waals surface area contributed by atoms with Crippen LogP contribution in [0.1, 0.15) is 110 Å². The van der Waals surface area contributed by atoms with E-state index in [9.17, 15) is 0 Å². The summed E-state index contributed by atoms with van der Waals surface area (Å²) in [6.07, 6.45) is 10.1. The number of rotatable bonds is 14. The summed E-state index contributed by atoms with van der Waals surface area (Å²) in [6.45, 7) is 18.1. The Hall–Kier alpha value is -1.57. The summed E-state index contributed by atoms with van der Waals surface area (Å²) >= 11 is 0. The summed E-state index contributed by atoms with van der Waals surface area (Å²) < 4.78 is 20.2. The Morgan fingerprint density at radius 1 is 0.605 bits per heavy atom. The van der Waals surface area contributed by atoms with Gasteiger partial charge in [-0.1, -0.05) is 98.9 Å². The predicted octanol–water partition coefficient (Wildman–Crippen LogP) is 10.5. The minimum atomic E-state index is -1.58. The van der Waals surface area contributed by atoms with E-state index in [2.05, 4.69) is 91.8 Å². The SMILES string of the molecule is CC(C)Cc1ccc(CC(C)C)c(OP(Oc2cc(CC(C)C)ccc2CC(C)C)OC2CCCCC2)c1. The highest BCUT2D eigenvalue weighted by Crippen LogP contribution is 2.47. The molecular formula is C34H53O3P. The first kappa shape index (κ1) is 31.0. The second-order valence-corrected chi connectivity index (χ2v) is 14.1. The average Bonchev–Trinajstić information content (AvgIpc) is 2.82. The molecule has 1 aliphatic carbocycles. The van der Waals surface area contributed by atoms with Crippen LogP contribution in [0.25, 0.3) is 0 Å². The van der Waals surface area contributed by atoms with Crippen LogP contribution in [0.2, 0.25) is 0 Å². The molecule has 0 saturated heterocycles. The minimum Gasteiger partial charge on any atom is -0.417 e. The van der Waals surface area contributed by atoms with Crippen molar-refractivity contribution in [1.82, 2.24) is 0 Å². The molecule has 2 aromatic carbocycles. The van der Waals surface area contributed by atoms with Crippen molar-refractivity contribution in [1.29, 1.82) is 0 Å². The zero-order valence-corrected chi connectivity index (χ0v) is 26.3. The first-order chi connectivity index (χ1) is 18.1. The third-order valence-electron chi connectivity index (χ3n) is 6.94. The first-order valence-corrected chi connectivity index (χ1v) is 16.2. The Morgan fingerprint density at radius 3 is 1.42 bits per heavy atom. The molecule has 1 aliphatic rings. The van der Waals surface area contributed by atoms with Crippen molar-refractivity contribution in [2.75, 3.05) is 0 Å². The fourth-order valence-corrected chi connectivity index (χ4v) is 6.53. The van der Waals surface area contributed by atoms with Crippen molar-refractivity contribution in [2.45, 2.75) is 119 Å². The summed E-state index contributed by atoms with van der Waals surface area (Å²) in [7, 11) is -1.58. The van der Waals surface area contributed by atoms with Crippen LogP contribution in [0, 0.1) is 23.7 Å². The molecule has 0 amide bonds. The molecule has 1 saturated carbocycles. The fraction of sp³-hybridized carbons (Fsp3) is 0.647. The number of hydrogen-bond acceptors (Lipinski definition) is 3. The van der Waals surface area contributed by atoms with Gasteiger partial charge in [-0.3, -0.25) is 4.52 Å². The number of benzene rings is 2. The topological polar surface area (TPSA) is 27.7 Å². The van der Waals surface area contributed by atoms with Gasteiger partial charge in [-0.05, 0) is 96.6 Å². The molecule has 0 radical (unpaired) electrons. The van der Waals surface area contributed by atoms with Crippen LogP contribution in [-0.2, 0) is 30.2 Å². The van der Waals surface area contributed by atoms with Crippen molar-refractivity contribution in [3.05, 3.63) is 58.7 Å². The Morgan fingerprint density at radius 2 is 1.03 bits per heavy atom. The third-order valence-corrected chi connectivity index (χ3v) is 8.10. The van der Waals surface area contributed by atoms with Gasteiger partial charge in [-0.25, -0.2) is 0 Å². The third kappa shape index (κ3) is 10.5. The summed E-state index contributed by atoms with van der Waals surface area (Å²) in [5.41, 5.74) is 5.11. The highest BCUT2D eigenvalue weighted by Gasteiger charge is 2.27. The second kappa shape index (κ2) is 15.3. The van der Waals surface area contributed by atoms with Crippen LogP contribution in [0.15, 0.2) is 36.4 Å². The maximum absolute atomic E-state index is 6.78. The Labute approximate surface area is 235 Å². The van der Waals surface area contributed by atoms with E-state index in [1.165, 1.54) is 41.5 Å². The van der Waals surface area contributed by atoms with Gasteiger partial charge >= 0.3 is 8.60 Å². The lowest BCUT2D eigenvalue weighted by molar-refractivity contribution is 0.138. The monoisotopic (exact) mass is 540 g/mol. The molecular weight excluding hydrogens is 487 g/mol. The van der Waals surface area contributed by atoms with Crippen molar-refractivity contribution in [3.8, 4) is 11.5 Å². The van der Waals surface area contributed by atoms with Crippen LogP contribution in [0.3, 0.4) is 0 Å². The van der Waals surface area contributed by atoms with Gasteiger partial charge in [0, 0.05) is 0 Å². The Balaban J connectivity index is 1.96. The van der Waals surface area contributed by atoms with E-state index in [0.29, 0.717) is 23.7 Å². The lowest BCUT2D eigenvalue weighted by atomic mass is 9.97. The fourth-order valence-electron chi connectivity index (χ4n) is 5.30. The van der Waals surface area contributed by atoms with E-state index in [-0.39, 0.29) is 6.10 Å². The van der Waals surface area contributed by atoms with Crippen molar-refractivity contribution >= 4 is 8.60 Å². The second-order valence-electron chi connectivity index (χ2n) is 13.0. The lowest BCUT2D eigenvalue weighted by Crippen LogP contribution is -2.17. The van der Waals surface area contributed by atoms with Crippen LogP contribution < -0.4 is 9.05 Å². The molecule has 1 fully saturated rings. The molecule has 0 heterocycles. The average molecular weight is 541 g/mol. The highest BCUT2D eigenvalue weighted by molar-refractivity contribution is 7.42. The summed E-state index contributed by atoms with van der Waals surface area (Å²) in [5.74, 6) is 4.15. The number of hydrogen-bond donors (Lipinski definition) is 0. The van der Waals surface area contributed by atoms with Crippen LogP contribution >= 0.6 is 8.60 Å². The molecule has 3 nitrogen and oxygen atoms in total. The zero-order chi connectivity index (χ0) is 27.7. The summed E-state index contributed by atoms with van der Waals surface area (Å²) in [6, 6.07) is 13.5. The molecule has 0 N–H and O–H groups in total.